The van der Waals surface area contributed by atoms with E-state index in [9.17, 15) is 14.0 Å². The largest absolute Gasteiger partial charge is 0.363 e. The van der Waals surface area contributed by atoms with E-state index in [1.807, 2.05) is 4.90 Å². The van der Waals surface area contributed by atoms with Crippen LogP contribution in [0, 0.1) is 11.7 Å². The highest BCUT2D eigenvalue weighted by molar-refractivity contribution is 5.90. The summed E-state index contributed by atoms with van der Waals surface area (Å²) >= 11 is 0. The highest BCUT2D eigenvalue weighted by Crippen LogP contribution is 2.27. The van der Waals surface area contributed by atoms with E-state index < -0.39 is 18.0 Å². The molecule has 0 radical (unpaired) electrons. The Balaban J connectivity index is 1.24. The van der Waals surface area contributed by atoms with Crippen molar-refractivity contribution in [1.82, 2.24) is 15.4 Å². The van der Waals surface area contributed by atoms with E-state index in [-0.39, 0.29) is 23.7 Å². The van der Waals surface area contributed by atoms with Gasteiger partial charge in [-0.2, -0.15) is 0 Å². The number of rotatable bonds is 7. The van der Waals surface area contributed by atoms with Gasteiger partial charge in [-0.25, -0.2) is 19.7 Å². The van der Waals surface area contributed by atoms with E-state index >= 15 is 0 Å². The maximum Gasteiger partial charge on any atom is 0.267 e. The molecule has 0 aromatic carbocycles. The van der Waals surface area contributed by atoms with Crippen LogP contribution in [0.15, 0.2) is 18.3 Å². The van der Waals surface area contributed by atoms with Crippen molar-refractivity contribution in [1.29, 1.82) is 0 Å². The topological polar surface area (TPSA) is 92.8 Å². The van der Waals surface area contributed by atoms with Crippen LogP contribution in [-0.4, -0.2) is 53.7 Å². The molecule has 2 atom stereocenters. The van der Waals surface area contributed by atoms with Gasteiger partial charge in [0.25, 0.3) is 5.91 Å². The van der Waals surface area contributed by atoms with Gasteiger partial charge in [0.15, 0.2) is 17.9 Å². The van der Waals surface area contributed by atoms with Gasteiger partial charge in [-0.1, -0.05) is 19.3 Å². The molecule has 1 unspecified atom stereocenters. The van der Waals surface area contributed by atoms with Crippen molar-refractivity contribution in [2.75, 3.05) is 25.0 Å². The Bertz CT molecular complexity index is 853. The average Bonchev–Trinajstić information content (AvgIpc) is 3.32. The monoisotopic (exact) mass is 460 g/mol. The number of likely N-dealkylation sites (tertiary alicyclic amines) is 1. The van der Waals surface area contributed by atoms with Crippen LogP contribution in [0.2, 0.25) is 0 Å². The number of aromatic nitrogens is 1. The number of hydroxylamine groups is 1. The number of carbonyl (C=O) groups excluding carboxylic acids is 2. The molecule has 2 aliphatic heterocycles. The third kappa shape index (κ3) is 6.74. The van der Waals surface area contributed by atoms with Gasteiger partial charge in [0.2, 0.25) is 5.91 Å². The van der Waals surface area contributed by atoms with Gasteiger partial charge < -0.3 is 15.0 Å². The fourth-order valence-corrected chi connectivity index (χ4v) is 4.66. The van der Waals surface area contributed by atoms with Crippen LogP contribution in [0.1, 0.15) is 63.4 Å². The van der Waals surface area contributed by atoms with Crippen LogP contribution >= 0.6 is 0 Å². The van der Waals surface area contributed by atoms with Gasteiger partial charge in [-0.05, 0) is 49.8 Å². The summed E-state index contributed by atoms with van der Waals surface area (Å²) in [6.45, 7) is 1.89. The summed E-state index contributed by atoms with van der Waals surface area (Å²) in [7, 11) is 0. The van der Waals surface area contributed by atoms with Crippen LogP contribution in [0.25, 0.3) is 6.08 Å². The number of nitrogens with zero attached hydrogens (tertiary/aromatic N) is 2. The van der Waals surface area contributed by atoms with Crippen molar-refractivity contribution in [2.24, 2.45) is 5.92 Å². The van der Waals surface area contributed by atoms with Crippen LogP contribution in [0.4, 0.5) is 10.2 Å². The second-order valence-electron chi connectivity index (χ2n) is 9.06. The number of amides is 2. The van der Waals surface area contributed by atoms with E-state index in [0.29, 0.717) is 25.3 Å². The smallest absolute Gasteiger partial charge is 0.267 e. The molecule has 1 aliphatic carbocycles. The molecule has 180 valence electrons. The molecule has 33 heavy (non-hydrogen) atoms. The summed E-state index contributed by atoms with van der Waals surface area (Å²) in [4.78, 5) is 35.9. The molecule has 1 saturated carbocycles. The molecular weight excluding hydrogens is 427 g/mol. The average molecular weight is 461 g/mol. The second-order valence-corrected chi connectivity index (χ2v) is 9.06. The molecule has 8 nitrogen and oxygen atoms in total. The van der Waals surface area contributed by atoms with Gasteiger partial charge in [0.05, 0.1) is 0 Å². The summed E-state index contributed by atoms with van der Waals surface area (Å²) in [5, 5.41) is 3.13. The quantitative estimate of drug-likeness (QED) is 0.479. The van der Waals surface area contributed by atoms with Gasteiger partial charge in [0, 0.05) is 50.3 Å². The molecule has 1 aromatic heterocycles. The summed E-state index contributed by atoms with van der Waals surface area (Å²) in [5.41, 5.74) is 2.79. The van der Waals surface area contributed by atoms with Gasteiger partial charge >= 0.3 is 0 Å². The first kappa shape index (κ1) is 23.6. The number of hydrogen-bond acceptors (Lipinski definition) is 6. The van der Waals surface area contributed by atoms with E-state index in [2.05, 4.69) is 15.8 Å². The molecule has 9 heteroatoms. The number of nitrogens with one attached hydrogen (secondary N) is 2. The van der Waals surface area contributed by atoms with E-state index in [0.717, 1.165) is 51.4 Å². The van der Waals surface area contributed by atoms with E-state index in [1.54, 1.807) is 0 Å². The lowest BCUT2D eigenvalue weighted by Crippen LogP contribution is -2.37. The lowest BCUT2D eigenvalue weighted by atomic mass is 9.88. The van der Waals surface area contributed by atoms with E-state index in [1.165, 1.54) is 30.8 Å². The molecule has 3 aliphatic rings. The molecule has 2 saturated heterocycles. The molecule has 2 amide bonds. The first-order valence-electron chi connectivity index (χ1n) is 12.0. The minimum Gasteiger partial charge on any atom is -0.363 e. The van der Waals surface area contributed by atoms with Crippen molar-refractivity contribution >= 4 is 23.7 Å². The second kappa shape index (κ2) is 11.6. The molecule has 2 N–H and O–H groups in total. The summed E-state index contributed by atoms with van der Waals surface area (Å²) < 4.78 is 20.0. The SMILES string of the molecule is O=C(/C=C/c1cnc(N[C@@H]2CCN(C(=O)C3CCCCC3)C2)c(F)c1)NOC1CCCCO1. The van der Waals surface area contributed by atoms with Gasteiger partial charge in [0.1, 0.15) is 0 Å². The highest BCUT2D eigenvalue weighted by atomic mass is 19.1. The number of pyridine rings is 1. The highest BCUT2D eigenvalue weighted by Gasteiger charge is 2.31. The lowest BCUT2D eigenvalue weighted by molar-refractivity contribution is -0.198. The predicted molar refractivity (Wildman–Crippen MR) is 121 cm³/mol. The summed E-state index contributed by atoms with van der Waals surface area (Å²) in [6, 6.07) is 1.30. The van der Waals surface area contributed by atoms with Crippen molar-refractivity contribution in [2.45, 2.75) is 70.1 Å². The molecule has 3 fully saturated rings. The Morgan fingerprint density at radius 3 is 2.73 bits per heavy atom. The normalized spacial score (nSPS) is 24.2. The van der Waals surface area contributed by atoms with Crippen LogP contribution in [0.3, 0.4) is 0 Å². The Morgan fingerprint density at radius 2 is 1.97 bits per heavy atom. The zero-order valence-electron chi connectivity index (χ0n) is 18.9. The molecule has 0 bridgehead atoms. The van der Waals surface area contributed by atoms with Crippen molar-refractivity contribution in [3.8, 4) is 0 Å². The first-order valence-corrected chi connectivity index (χ1v) is 12.0. The fraction of sp³-hybridized carbons (Fsp3) is 0.625. The molecule has 0 spiro atoms. The number of halogens is 1. The maximum absolute atomic E-state index is 14.6. The number of hydrogen-bond donors (Lipinski definition) is 2. The van der Waals surface area contributed by atoms with Crippen LogP contribution in [-0.2, 0) is 19.2 Å². The van der Waals surface area contributed by atoms with Crippen molar-refractivity contribution in [3.63, 3.8) is 0 Å². The maximum atomic E-state index is 14.6. The fourth-order valence-electron chi connectivity index (χ4n) is 4.66. The Labute approximate surface area is 193 Å². The Morgan fingerprint density at radius 1 is 1.15 bits per heavy atom. The molecular formula is C24H33FN4O4. The molecule has 4 rings (SSSR count). The van der Waals surface area contributed by atoms with Crippen LogP contribution < -0.4 is 10.8 Å². The summed E-state index contributed by atoms with van der Waals surface area (Å²) in [5.74, 6) is -0.408. The van der Waals surface area contributed by atoms with Gasteiger partial charge in [-0.15, -0.1) is 0 Å². The third-order valence-electron chi connectivity index (χ3n) is 6.51. The Hall–Kier alpha value is -2.52. The Kier molecular flexibility index (Phi) is 8.28. The predicted octanol–water partition coefficient (Wildman–Crippen LogP) is 3.40. The zero-order chi connectivity index (χ0) is 23.0. The minimum absolute atomic E-state index is 0.0223. The van der Waals surface area contributed by atoms with Crippen molar-refractivity contribution in [3.05, 3.63) is 29.7 Å². The molecule has 1 aromatic rings. The van der Waals surface area contributed by atoms with Crippen LogP contribution in [0.5, 0.6) is 0 Å². The molecule has 3 heterocycles. The first-order chi connectivity index (χ1) is 16.1. The zero-order valence-corrected chi connectivity index (χ0v) is 18.9. The van der Waals surface area contributed by atoms with Gasteiger partial charge in [-0.3, -0.25) is 9.59 Å². The number of ether oxygens (including phenoxy) is 1. The number of anilines is 1. The summed E-state index contributed by atoms with van der Waals surface area (Å²) in [6.07, 6.45) is 12.8. The number of carbonyl (C=O) groups is 2. The lowest BCUT2D eigenvalue weighted by Gasteiger charge is -2.26. The van der Waals surface area contributed by atoms with E-state index in [4.69, 9.17) is 9.57 Å². The van der Waals surface area contributed by atoms with Crippen molar-refractivity contribution < 1.29 is 23.6 Å². The standard InChI is InChI=1S/C24H33FN4O4/c25-20-14-17(9-10-21(30)28-33-22-8-4-5-13-32-22)15-26-23(20)27-19-11-12-29(16-19)24(31)18-6-2-1-3-7-18/h9-10,14-15,18-19,22H,1-8,11-13,16H2,(H,26,27)(H,28,30)/b10-9+/t19-,22?/m1/s1. The minimum atomic E-state index is -0.499. The third-order valence-corrected chi connectivity index (χ3v) is 6.51.